The number of hydrogen-bond donors (Lipinski definition) is 2. The van der Waals surface area contributed by atoms with Crippen molar-refractivity contribution in [1.29, 1.82) is 0 Å². The van der Waals surface area contributed by atoms with Gasteiger partial charge in [0.05, 0.1) is 11.9 Å². The van der Waals surface area contributed by atoms with Crippen LogP contribution in [0.5, 0.6) is 0 Å². The van der Waals surface area contributed by atoms with Gasteiger partial charge in [-0.25, -0.2) is 0 Å². The minimum Gasteiger partial charge on any atom is -0.380 e. The molecule has 0 unspecified atom stereocenters. The van der Waals surface area contributed by atoms with Gasteiger partial charge in [-0.1, -0.05) is 20.8 Å². The normalized spacial score (nSPS) is 26.7. The number of nitrogens with one attached hydrogen (secondary N) is 2. The van der Waals surface area contributed by atoms with Gasteiger partial charge in [0.25, 0.3) is 0 Å². The molecule has 0 bridgehead atoms. The third-order valence-electron chi connectivity index (χ3n) is 3.82. The summed E-state index contributed by atoms with van der Waals surface area (Å²) in [5.74, 6) is 0.884. The molecule has 0 atom stereocenters. The lowest BCUT2D eigenvalue weighted by atomic mass is 9.71. The molecule has 16 heavy (non-hydrogen) atoms. The van der Waals surface area contributed by atoms with Crippen LogP contribution in [0.2, 0.25) is 0 Å². The molecule has 0 aliphatic heterocycles. The van der Waals surface area contributed by atoms with E-state index >= 15 is 0 Å². The Hall–Kier alpha value is -0.990. The average molecular weight is 221 g/mol. The van der Waals surface area contributed by atoms with Gasteiger partial charge >= 0.3 is 0 Å². The second-order valence-corrected chi connectivity index (χ2v) is 6.05. The zero-order chi connectivity index (χ0) is 11.6. The van der Waals surface area contributed by atoms with Gasteiger partial charge < -0.3 is 5.32 Å². The lowest BCUT2D eigenvalue weighted by Crippen LogP contribution is -2.31. The molecule has 3 nitrogen and oxygen atoms in total. The molecule has 1 aromatic rings. The summed E-state index contributed by atoms with van der Waals surface area (Å²) in [7, 11) is 0. The summed E-state index contributed by atoms with van der Waals surface area (Å²) in [5.41, 5.74) is 1.60. The molecule has 0 aromatic carbocycles. The molecule has 1 fully saturated rings. The largest absolute Gasteiger partial charge is 0.380 e. The summed E-state index contributed by atoms with van der Waals surface area (Å²) in [6, 6.07) is 0.635. The highest BCUT2D eigenvalue weighted by Crippen LogP contribution is 2.38. The maximum absolute atomic E-state index is 3.95. The van der Waals surface area contributed by atoms with E-state index in [9.17, 15) is 0 Å². The maximum Gasteiger partial charge on any atom is 0.0725 e. The average Bonchev–Trinajstić information content (AvgIpc) is 2.70. The molecule has 0 radical (unpaired) electrons. The highest BCUT2D eigenvalue weighted by molar-refractivity contribution is 5.38. The molecule has 0 saturated heterocycles. The van der Waals surface area contributed by atoms with Crippen molar-refractivity contribution < 1.29 is 0 Å². The zero-order valence-corrected chi connectivity index (χ0v) is 10.6. The van der Waals surface area contributed by atoms with E-state index in [1.807, 2.05) is 12.4 Å². The van der Waals surface area contributed by atoms with Crippen LogP contribution in [0.25, 0.3) is 0 Å². The number of rotatable bonds is 2. The van der Waals surface area contributed by atoms with Crippen molar-refractivity contribution >= 4 is 5.69 Å². The van der Waals surface area contributed by atoms with E-state index in [2.05, 4.69) is 36.3 Å². The minimum atomic E-state index is 0.473. The Morgan fingerprint density at radius 3 is 2.44 bits per heavy atom. The Bertz CT molecular complexity index is 302. The first kappa shape index (κ1) is 11.5. The van der Waals surface area contributed by atoms with Gasteiger partial charge in [0.15, 0.2) is 0 Å². The number of hydrogen-bond acceptors (Lipinski definition) is 2. The van der Waals surface area contributed by atoms with Crippen molar-refractivity contribution in [3.63, 3.8) is 0 Å². The van der Waals surface area contributed by atoms with Crippen LogP contribution in [0.15, 0.2) is 12.4 Å². The van der Waals surface area contributed by atoms with Crippen LogP contribution in [0.3, 0.4) is 0 Å². The molecule has 1 aromatic heterocycles. The molecule has 1 aliphatic carbocycles. The van der Waals surface area contributed by atoms with Crippen LogP contribution in [-0.2, 0) is 0 Å². The summed E-state index contributed by atoms with van der Waals surface area (Å²) < 4.78 is 0. The molecular weight excluding hydrogens is 198 g/mol. The first-order valence-corrected chi connectivity index (χ1v) is 6.31. The van der Waals surface area contributed by atoms with E-state index in [-0.39, 0.29) is 0 Å². The molecule has 0 spiro atoms. The summed E-state index contributed by atoms with van der Waals surface area (Å²) >= 11 is 0. The predicted octanol–water partition coefficient (Wildman–Crippen LogP) is 3.43. The van der Waals surface area contributed by atoms with Crippen molar-refractivity contribution in [2.75, 3.05) is 5.32 Å². The van der Waals surface area contributed by atoms with E-state index in [4.69, 9.17) is 0 Å². The second-order valence-electron chi connectivity index (χ2n) is 6.05. The third-order valence-corrected chi connectivity index (χ3v) is 3.82. The van der Waals surface area contributed by atoms with E-state index < -0.39 is 0 Å². The highest BCUT2D eigenvalue weighted by Gasteiger charge is 2.29. The van der Waals surface area contributed by atoms with Gasteiger partial charge in [-0.15, -0.1) is 0 Å². The summed E-state index contributed by atoms with van der Waals surface area (Å²) in [4.78, 5) is 0. The van der Waals surface area contributed by atoms with Gasteiger partial charge in [0, 0.05) is 12.2 Å². The molecular formula is C13H23N3. The van der Waals surface area contributed by atoms with Crippen molar-refractivity contribution in [1.82, 2.24) is 10.2 Å². The fraction of sp³-hybridized carbons (Fsp3) is 0.769. The number of aromatic amines is 1. The van der Waals surface area contributed by atoms with Crippen LogP contribution in [0.1, 0.15) is 46.5 Å². The third kappa shape index (κ3) is 2.77. The lowest BCUT2D eigenvalue weighted by Gasteiger charge is -2.37. The Labute approximate surface area is 98.0 Å². The smallest absolute Gasteiger partial charge is 0.0725 e. The minimum absolute atomic E-state index is 0.473. The number of nitrogens with zero attached hydrogens (tertiary/aromatic N) is 1. The lowest BCUT2D eigenvalue weighted by molar-refractivity contribution is 0.173. The summed E-state index contributed by atoms with van der Waals surface area (Å²) in [5, 5.41) is 10.3. The number of aromatic nitrogens is 2. The number of H-pyrrole nitrogens is 1. The van der Waals surface area contributed by atoms with Crippen molar-refractivity contribution in [3.05, 3.63) is 12.4 Å². The Balaban J connectivity index is 1.82. The molecule has 2 N–H and O–H groups in total. The fourth-order valence-corrected chi connectivity index (χ4v) is 2.67. The van der Waals surface area contributed by atoms with Gasteiger partial charge in [0.2, 0.25) is 0 Å². The maximum atomic E-state index is 3.95. The van der Waals surface area contributed by atoms with Gasteiger partial charge in [-0.05, 0) is 37.0 Å². The van der Waals surface area contributed by atoms with Crippen LogP contribution >= 0.6 is 0 Å². The van der Waals surface area contributed by atoms with E-state index in [1.54, 1.807) is 0 Å². The Morgan fingerprint density at radius 2 is 1.94 bits per heavy atom. The van der Waals surface area contributed by atoms with Crippen molar-refractivity contribution in [2.45, 2.75) is 52.5 Å². The van der Waals surface area contributed by atoms with Crippen molar-refractivity contribution in [2.24, 2.45) is 11.3 Å². The molecule has 2 rings (SSSR count). The highest BCUT2D eigenvalue weighted by atomic mass is 15.1. The van der Waals surface area contributed by atoms with Gasteiger partial charge in [0.1, 0.15) is 0 Å². The molecule has 1 aliphatic rings. The zero-order valence-electron chi connectivity index (χ0n) is 10.6. The van der Waals surface area contributed by atoms with E-state index in [0.29, 0.717) is 11.5 Å². The standard InChI is InChI=1S/C13H23N3/c1-13(2,3)10-4-6-11(7-5-10)16-12-8-14-15-9-12/h8-11,16H,4-7H2,1-3H3,(H,14,15). The van der Waals surface area contributed by atoms with E-state index in [0.717, 1.165) is 11.6 Å². The first-order valence-electron chi connectivity index (χ1n) is 6.31. The molecule has 1 heterocycles. The molecule has 90 valence electrons. The molecule has 0 amide bonds. The summed E-state index contributed by atoms with van der Waals surface area (Å²) in [6.07, 6.45) is 9.05. The SMILES string of the molecule is CC(C)(C)C1CCC(Nc2cn[nH]c2)CC1. The monoisotopic (exact) mass is 221 g/mol. The second kappa shape index (κ2) is 4.48. The Kier molecular flexibility index (Phi) is 3.22. The topological polar surface area (TPSA) is 40.7 Å². The van der Waals surface area contributed by atoms with Crippen LogP contribution in [0, 0.1) is 11.3 Å². The predicted molar refractivity (Wildman–Crippen MR) is 67.4 cm³/mol. The van der Waals surface area contributed by atoms with Crippen molar-refractivity contribution in [3.8, 4) is 0 Å². The number of anilines is 1. The first-order chi connectivity index (χ1) is 7.55. The van der Waals surface area contributed by atoms with Crippen LogP contribution in [-0.4, -0.2) is 16.2 Å². The van der Waals surface area contributed by atoms with Gasteiger partial charge in [-0.2, -0.15) is 5.10 Å². The Morgan fingerprint density at radius 1 is 1.25 bits per heavy atom. The van der Waals surface area contributed by atoms with Gasteiger partial charge in [-0.3, -0.25) is 5.10 Å². The van der Waals surface area contributed by atoms with Crippen LogP contribution < -0.4 is 5.32 Å². The van der Waals surface area contributed by atoms with Crippen LogP contribution in [0.4, 0.5) is 5.69 Å². The molecule has 3 heteroatoms. The fourth-order valence-electron chi connectivity index (χ4n) is 2.67. The quantitative estimate of drug-likeness (QED) is 0.803. The molecule has 1 saturated carbocycles. The van der Waals surface area contributed by atoms with E-state index in [1.165, 1.54) is 25.7 Å². The summed E-state index contributed by atoms with van der Waals surface area (Å²) in [6.45, 7) is 7.09.